The van der Waals surface area contributed by atoms with E-state index in [0.717, 1.165) is 25.8 Å². The molecule has 0 spiro atoms. The molecule has 1 N–H and O–H groups in total. The molecule has 0 saturated heterocycles. The fraction of sp³-hybridized carbons (Fsp3) is 0.231. The summed E-state index contributed by atoms with van der Waals surface area (Å²) >= 11 is 6.28. The number of carbonyl (C=O) groups excluding carboxylic acids is 2. The summed E-state index contributed by atoms with van der Waals surface area (Å²) in [5, 5.41) is -5.15. The van der Waals surface area contributed by atoms with E-state index in [9.17, 15) is 26.8 Å². The van der Waals surface area contributed by atoms with Crippen LogP contribution in [-0.2, 0) is 24.4 Å². The second-order valence-electron chi connectivity index (χ2n) is 9.11. The average Bonchev–Trinajstić information content (AvgIpc) is 2.88. The molecule has 3 aliphatic carbocycles. The molecule has 0 aromatic heterocycles. The van der Waals surface area contributed by atoms with Gasteiger partial charge in [0.1, 0.15) is 0 Å². The van der Waals surface area contributed by atoms with Crippen molar-refractivity contribution in [3.05, 3.63) is 93.6 Å². The molecule has 3 aromatic rings. The van der Waals surface area contributed by atoms with E-state index in [0.29, 0.717) is 12.9 Å². The van der Waals surface area contributed by atoms with Gasteiger partial charge in [0.05, 0.1) is 19.7 Å². The Labute approximate surface area is 263 Å². The summed E-state index contributed by atoms with van der Waals surface area (Å²) in [7, 11) is -6.05. The molecule has 0 amide bonds. The highest BCUT2D eigenvalue weighted by Gasteiger charge is 2.57. The highest BCUT2D eigenvalue weighted by atomic mass is 127. The van der Waals surface area contributed by atoms with Gasteiger partial charge in [-0.2, -0.15) is 17.2 Å². The molecule has 3 aliphatic rings. The number of halogens is 5. The van der Waals surface area contributed by atoms with Gasteiger partial charge < -0.3 is 9.47 Å². The molecule has 2 unspecified atom stereocenters. The maximum Gasteiger partial charge on any atom is 0.465 e. The van der Waals surface area contributed by atoms with Gasteiger partial charge in [-0.1, -0.05) is 48.5 Å². The fourth-order valence-corrected chi connectivity index (χ4v) is 9.53. The first-order chi connectivity index (χ1) is 18.3. The van der Waals surface area contributed by atoms with Crippen molar-refractivity contribution in [2.24, 2.45) is 11.8 Å². The molecule has 2 atom stereocenters. The van der Waals surface area contributed by atoms with Crippen molar-refractivity contribution in [3.63, 3.8) is 0 Å². The van der Waals surface area contributed by atoms with E-state index >= 15 is 0 Å². The summed E-state index contributed by atoms with van der Waals surface area (Å²) in [5.74, 6) is -5.54. The second-order valence-corrected chi connectivity index (χ2v) is 14.1. The van der Waals surface area contributed by atoms with Gasteiger partial charge >= 0.3 is 27.3 Å². The van der Waals surface area contributed by atoms with E-state index in [4.69, 9.17) is 14.0 Å². The topological polar surface area (TPSA) is 107 Å². The Morgan fingerprint density at radius 2 is 1.33 bits per heavy atom. The Kier molecular flexibility index (Phi) is 8.02. The molecule has 0 saturated carbocycles. The van der Waals surface area contributed by atoms with E-state index in [1.807, 2.05) is 60.7 Å². The zero-order chi connectivity index (χ0) is 28.3. The Morgan fingerprint density at radius 1 is 0.872 bits per heavy atom. The van der Waals surface area contributed by atoms with Crippen molar-refractivity contribution < 1.29 is 40.8 Å². The van der Waals surface area contributed by atoms with Crippen LogP contribution in [0.1, 0.15) is 34.1 Å². The lowest BCUT2D eigenvalue weighted by Crippen LogP contribution is -2.48. The minimum Gasteiger partial charge on any atom is -0.460 e. The molecular weight excluding hydrogens is 875 g/mol. The summed E-state index contributed by atoms with van der Waals surface area (Å²) in [6.45, 7) is -0.700. The van der Waals surface area contributed by atoms with Gasteiger partial charge in [-0.25, -0.2) is 4.79 Å². The maximum atomic E-state index is 14.0. The van der Waals surface area contributed by atoms with Crippen LogP contribution in [0.3, 0.4) is 0 Å². The molecule has 2 bridgehead atoms. The number of fused-ring (bicyclic) bond motifs is 1. The Bertz CT molecular complexity index is 1540. The lowest BCUT2D eigenvalue weighted by atomic mass is 9.54. The lowest BCUT2D eigenvalue weighted by molar-refractivity contribution is -0.165. The average molecular weight is 892 g/mol. The van der Waals surface area contributed by atoms with Crippen molar-refractivity contribution in [1.29, 1.82) is 0 Å². The molecule has 13 heteroatoms. The summed E-state index contributed by atoms with van der Waals surface area (Å²) in [4.78, 5) is 26.0. The molecule has 0 fully saturated rings. The van der Waals surface area contributed by atoms with Gasteiger partial charge in [-0.3, -0.25) is 9.35 Å². The number of alkyl halides is 2. The zero-order valence-electron chi connectivity index (χ0n) is 19.5. The van der Waals surface area contributed by atoms with Gasteiger partial charge in [-0.05, 0) is 102 Å². The third kappa shape index (κ3) is 5.10. The number of rotatable bonds is 6. The minimum absolute atomic E-state index is 0.360. The minimum atomic E-state index is -6.05. The van der Waals surface area contributed by atoms with E-state index in [1.165, 1.54) is 0 Å². The molecule has 7 nitrogen and oxygen atoms in total. The number of carbonyl (C=O) groups is 2. The van der Waals surface area contributed by atoms with Gasteiger partial charge in [-0.15, -0.1) is 0 Å². The van der Waals surface area contributed by atoms with E-state index in [1.54, 1.807) is 0 Å². The Hall–Kier alpha value is -1.44. The SMILES string of the molecule is O=C(Oc1c(I)cc(I)cc1I)C1C2c3ccccc3C(c3ccccc32)C1COC(=O)C(F)(F)S(=O)(=O)O. The molecular formula is C26H17F2I3O7S. The zero-order valence-corrected chi connectivity index (χ0v) is 26.8. The first-order valence-corrected chi connectivity index (χ1v) is 16.1. The molecule has 0 heterocycles. The van der Waals surface area contributed by atoms with E-state index in [2.05, 4.69) is 67.8 Å². The van der Waals surface area contributed by atoms with E-state index in [-0.39, 0.29) is 0 Å². The largest absolute Gasteiger partial charge is 0.465 e. The standard InChI is InChI=1S/C26H17F2I3O7S/c27-26(28,39(34,35)36)25(33)37-11-17-20-13-5-1-3-7-15(13)21(16-8-4-2-6-14(16)20)22(17)24(32)38-23-18(30)9-12(29)10-19(23)31/h1-10,17,20-22H,11H2,(H,34,35,36). The molecule has 6 rings (SSSR count). The number of hydrogen-bond acceptors (Lipinski definition) is 6. The highest BCUT2D eigenvalue weighted by molar-refractivity contribution is 14.1. The van der Waals surface area contributed by atoms with Crippen LogP contribution in [0, 0.1) is 22.5 Å². The molecule has 0 aliphatic heterocycles. The number of ether oxygens (including phenoxy) is 2. The van der Waals surface area contributed by atoms with Crippen LogP contribution in [0.4, 0.5) is 8.78 Å². The van der Waals surface area contributed by atoms with Crippen LogP contribution < -0.4 is 4.74 Å². The van der Waals surface area contributed by atoms with Gasteiger partial charge in [0.2, 0.25) is 0 Å². The van der Waals surface area contributed by atoms with Crippen LogP contribution >= 0.6 is 67.8 Å². The second kappa shape index (κ2) is 10.8. The first kappa shape index (κ1) is 29.1. The lowest BCUT2D eigenvalue weighted by Gasteiger charge is -2.49. The first-order valence-electron chi connectivity index (χ1n) is 11.4. The third-order valence-electron chi connectivity index (χ3n) is 6.99. The van der Waals surface area contributed by atoms with Crippen molar-refractivity contribution in [3.8, 4) is 5.75 Å². The fourth-order valence-electron chi connectivity index (χ4n) is 5.46. The quantitative estimate of drug-likeness (QED) is 0.141. The van der Waals surface area contributed by atoms with Crippen molar-refractivity contribution in [1.82, 2.24) is 0 Å². The molecule has 3 aromatic carbocycles. The summed E-state index contributed by atoms with van der Waals surface area (Å²) in [5.41, 5.74) is 3.46. The van der Waals surface area contributed by atoms with Crippen molar-refractivity contribution in [2.75, 3.05) is 6.61 Å². The Morgan fingerprint density at radius 3 is 1.79 bits per heavy atom. The van der Waals surface area contributed by atoms with E-state index < -0.39 is 57.6 Å². The number of esters is 2. The van der Waals surface area contributed by atoms with Gasteiger partial charge in [0.15, 0.2) is 5.75 Å². The molecule has 0 radical (unpaired) electrons. The highest BCUT2D eigenvalue weighted by Crippen LogP contribution is 2.58. The van der Waals surface area contributed by atoms with Crippen LogP contribution in [0.15, 0.2) is 60.7 Å². The van der Waals surface area contributed by atoms with Crippen LogP contribution in [-0.4, -0.2) is 36.8 Å². The van der Waals surface area contributed by atoms with Gasteiger partial charge in [0.25, 0.3) is 0 Å². The predicted octanol–water partition coefficient (Wildman–Crippen LogP) is 5.95. The number of benzene rings is 3. The third-order valence-corrected chi connectivity index (χ3v) is 10.0. The van der Waals surface area contributed by atoms with Crippen molar-refractivity contribution in [2.45, 2.75) is 17.1 Å². The Balaban J connectivity index is 1.59. The maximum absolute atomic E-state index is 14.0. The van der Waals surface area contributed by atoms with Crippen LogP contribution in [0.2, 0.25) is 0 Å². The number of hydrogen-bond donors (Lipinski definition) is 1. The smallest absolute Gasteiger partial charge is 0.460 e. The molecule has 204 valence electrons. The monoisotopic (exact) mass is 892 g/mol. The van der Waals surface area contributed by atoms with Crippen LogP contribution in [0.5, 0.6) is 5.75 Å². The molecule has 39 heavy (non-hydrogen) atoms. The normalized spacial score (nSPS) is 21.6. The summed E-state index contributed by atoms with van der Waals surface area (Å²) in [6.07, 6.45) is 0. The summed E-state index contributed by atoms with van der Waals surface area (Å²) < 4.78 is 72.1. The predicted molar refractivity (Wildman–Crippen MR) is 161 cm³/mol. The van der Waals surface area contributed by atoms with Crippen LogP contribution in [0.25, 0.3) is 0 Å². The van der Waals surface area contributed by atoms with Gasteiger partial charge in [0, 0.05) is 21.3 Å². The summed E-state index contributed by atoms with van der Waals surface area (Å²) in [6, 6.07) is 18.6. The van der Waals surface area contributed by atoms with Crippen molar-refractivity contribution >= 4 is 89.8 Å².